The largest absolute Gasteiger partial charge is 0.372 e. The van der Waals surface area contributed by atoms with Crippen LogP contribution in [0.4, 0.5) is 5.69 Å². The van der Waals surface area contributed by atoms with Crippen LogP contribution in [0.25, 0.3) is 0 Å². The zero-order valence-corrected chi connectivity index (χ0v) is 17.1. The van der Waals surface area contributed by atoms with Crippen molar-refractivity contribution in [2.75, 3.05) is 18.0 Å². The number of hydrogen-bond acceptors (Lipinski definition) is 3. The molecule has 1 aromatic heterocycles. The Morgan fingerprint density at radius 3 is 2.31 bits per heavy atom. The molecule has 0 saturated carbocycles. The third kappa shape index (κ3) is 4.56. The van der Waals surface area contributed by atoms with E-state index in [-0.39, 0.29) is 11.7 Å². The topological polar surface area (TPSA) is 33.2 Å². The third-order valence-electron chi connectivity index (χ3n) is 5.90. The molecule has 0 N–H and O–H groups in total. The summed E-state index contributed by atoms with van der Waals surface area (Å²) in [5.41, 5.74) is 5.59. The van der Waals surface area contributed by atoms with Gasteiger partial charge in [0.2, 0.25) is 0 Å². The highest BCUT2D eigenvalue weighted by Gasteiger charge is 2.24. The van der Waals surface area contributed by atoms with E-state index in [1.165, 1.54) is 24.9 Å². The van der Waals surface area contributed by atoms with Gasteiger partial charge in [0.1, 0.15) is 5.78 Å². The van der Waals surface area contributed by atoms with Crippen LogP contribution in [0.5, 0.6) is 0 Å². The van der Waals surface area contributed by atoms with Crippen molar-refractivity contribution in [3.05, 3.63) is 95.3 Å². The van der Waals surface area contributed by atoms with Gasteiger partial charge in [-0.1, -0.05) is 36.4 Å². The van der Waals surface area contributed by atoms with E-state index in [1.807, 2.05) is 24.3 Å². The van der Waals surface area contributed by atoms with Crippen LogP contribution >= 0.6 is 0 Å². The molecule has 1 fully saturated rings. The fraction of sp³-hybridized carbons (Fsp3) is 0.308. The van der Waals surface area contributed by atoms with Gasteiger partial charge in [0.15, 0.2) is 0 Å². The lowest BCUT2D eigenvalue weighted by atomic mass is 9.83. The molecule has 3 heteroatoms. The number of carbonyl (C=O) groups excluding carboxylic acids is 1. The summed E-state index contributed by atoms with van der Waals surface area (Å²) < 4.78 is 0. The number of pyridine rings is 1. The monoisotopic (exact) mass is 384 g/mol. The molecule has 1 unspecified atom stereocenters. The summed E-state index contributed by atoms with van der Waals surface area (Å²) >= 11 is 0. The van der Waals surface area contributed by atoms with Crippen molar-refractivity contribution in [2.45, 2.75) is 38.5 Å². The van der Waals surface area contributed by atoms with Crippen molar-refractivity contribution in [3.63, 3.8) is 0 Å². The van der Waals surface area contributed by atoms with Gasteiger partial charge in [-0.15, -0.1) is 0 Å². The molecule has 0 bridgehead atoms. The molecule has 1 aliphatic heterocycles. The van der Waals surface area contributed by atoms with E-state index in [0.717, 1.165) is 35.3 Å². The minimum absolute atomic E-state index is 0.219. The second-order valence-corrected chi connectivity index (χ2v) is 7.93. The van der Waals surface area contributed by atoms with Crippen LogP contribution in [0.3, 0.4) is 0 Å². The van der Waals surface area contributed by atoms with E-state index in [4.69, 9.17) is 0 Å². The normalized spacial score (nSPS) is 15.1. The molecule has 1 aliphatic rings. The van der Waals surface area contributed by atoms with Gasteiger partial charge in [0, 0.05) is 37.6 Å². The molecule has 0 aliphatic carbocycles. The second-order valence-electron chi connectivity index (χ2n) is 7.93. The molecule has 29 heavy (non-hydrogen) atoms. The summed E-state index contributed by atoms with van der Waals surface area (Å²) in [5, 5.41) is 0. The van der Waals surface area contributed by atoms with Crippen LogP contribution < -0.4 is 4.90 Å². The number of nitrogens with zero attached hydrogens (tertiary/aromatic N) is 2. The summed E-state index contributed by atoms with van der Waals surface area (Å²) in [7, 11) is 0. The lowest BCUT2D eigenvalue weighted by Gasteiger charge is -2.29. The van der Waals surface area contributed by atoms with E-state index >= 15 is 0 Å². The van der Waals surface area contributed by atoms with Gasteiger partial charge in [-0.25, -0.2) is 0 Å². The molecular formula is C26H28N2O. The van der Waals surface area contributed by atoms with E-state index in [2.05, 4.69) is 53.2 Å². The van der Waals surface area contributed by atoms with E-state index in [1.54, 1.807) is 12.4 Å². The van der Waals surface area contributed by atoms with Crippen molar-refractivity contribution >= 4 is 11.5 Å². The van der Waals surface area contributed by atoms with E-state index in [9.17, 15) is 4.79 Å². The summed E-state index contributed by atoms with van der Waals surface area (Å²) in [6.07, 6.45) is 7.76. The van der Waals surface area contributed by atoms with Crippen LogP contribution in [-0.4, -0.2) is 23.9 Å². The summed E-state index contributed by atoms with van der Waals surface area (Å²) in [6, 6.07) is 20.7. The molecule has 0 amide bonds. The number of rotatable bonds is 6. The molecule has 2 aromatic carbocycles. The van der Waals surface area contributed by atoms with Crippen LogP contribution in [0.1, 0.15) is 47.4 Å². The Hall–Kier alpha value is -2.94. The summed E-state index contributed by atoms with van der Waals surface area (Å²) in [5.74, 6) is -0.0315. The Labute approximate surface area is 173 Å². The summed E-state index contributed by atoms with van der Waals surface area (Å²) in [4.78, 5) is 19.9. The quantitative estimate of drug-likeness (QED) is 0.576. The first-order valence-electron chi connectivity index (χ1n) is 10.5. The predicted molar refractivity (Wildman–Crippen MR) is 118 cm³/mol. The number of benzene rings is 2. The molecule has 0 radical (unpaired) electrons. The first-order valence-corrected chi connectivity index (χ1v) is 10.5. The molecular weight excluding hydrogens is 356 g/mol. The molecule has 1 atom stereocenters. The van der Waals surface area contributed by atoms with E-state index < -0.39 is 0 Å². The molecule has 4 rings (SSSR count). The molecule has 3 nitrogen and oxygen atoms in total. The maximum Gasteiger partial charge on any atom is 0.149 e. The van der Waals surface area contributed by atoms with Crippen molar-refractivity contribution in [2.24, 2.45) is 0 Å². The average Bonchev–Trinajstić information content (AvgIpc) is 2.77. The Morgan fingerprint density at radius 1 is 0.931 bits per heavy atom. The van der Waals surface area contributed by atoms with Crippen LogP contribution in [-0.2, 0) is 11.2 Å². The van der Waals surface area contributed by atoms with E-state index in [0.29, 0.717) is 6.42 Å². The molecule has 2 heterocycles. The number of aryl methyl sites for hydroxylation is 1. The predicted octanol–water partition coefficient (Wildman–Crippen LogP) is 5.32. The summed E-state index contributed by atoms with van der Waals surface area (Å²) in [6.45, 7) is 4.34. The molecule has 3 aromatic rings. The van der Waals surface area contributed by atoms with Gasteiger partial charge in [-0.3, -0.25) is 9.78 Å². The first kappa shape index (κ1) is 19.4. The van der Waals surface area contributed by atoms with Crippen LogP contribution in [0, 0.1) is 6.92 Å². The highest BCUT2D eigenvalue weighted by atomic mass is 16.1. The Bertz CT molecular complexity index is 944. The second kappa shape index (κ2) is 9.04. The number of ketones is 1. The zero-order valence-electron chi connectivity index (χ0n) is 17.1. The van der Waals surface area contributed by atoms with Gasteiger partial charge >= 0.3 is 0 Å². The number of carbonyl (C=O) groups is 1. The van der Waals surface area contributed by atoms with Crippen molar-refractivity contribution in [1.29, 1.82) is 0 Å². The van der Waals surface area contributed by atoms with Crippen molar-refractivity contribution in [3.8, 4) is 0 Å². The highest BCUT2D eigenvalue weighted by Crippen LogP contribution is 2.31. The Balaban J connectivity index is 1.64. The first-order chi connectivity index (χ1) is 14.2. The highest BCUT2D eigenvalue weighted by molar-refractivity contribution is 5.91. The minimum Gasteiger partial charge on any atom is -0.372 e. The number of hydrogen-bond donors (Lipinski definition) is 0. The molecule has 0 spiro atoms. The van der Waals surface area contributed by atoms with Crippen LogP contribution in [0.15, 0.2) is 73.1 Å². The van der Waals surface area contributed by atoms with Gasteiger partial charge in [0.05, 0.1) is 5.92 Å². The number of anilines is 1. The fourth-order valence-corrected chi connectivity index (χ4v) is 4.28. The minimum atomic E-state index is -0.250. The number of Topliss-reactive ketones (excluding diaryl/α,β-unsaturated/α-hetero) is 1. The van der Waals surface area contributed by atoms with Crippen LogP contribution in [0.2, 0.25) is 0 Å². The lowest BCUT2D eigenvalue weighted by Crippen LogP contribution is -2.29. The molecule has 148 valence electrons. The Morgan fingerprint density at radius 2 is 1.62 bits per heavy atom. The maximum absolute atomic E-state index is 13.4. The number of aromatic nitrogens is 1. The van der Waals surface area contributed by atoms with Gasteiger partial charge in [0.25, 0.3) is 0 Å². The third-order valence-corrected chi connectivity index (χ3v) is 5.90. The number of piperidine rings is 1. The zero-order chi connectivity index (χ0) is 20.1. The van der Waals surface area contributed by atoms with Crippen molar-refractivity contribution in [1.82, 2.24) is 4.98 Å². The fourth-order valence-electron chi connectivity index (χ4n) is 4.28. The van der Waals surface area contributed by atoms with Gasteiger partial charge in [-0.05, 0) is 72.7 Å². The molecule has 1 saturated heterocycles. The smallest absolute Gasteiger partial charge is 0.149 e. The van der Waals surface area contributed by atoms with Gasteiger partial charge in [-0.2, -0.15) is 0 Å². The standard InChI is InChI=1S/C26H28N2O/c1-20-7-3-4-8-24(20)26(25(29)19-21-13-15-27-16-14-21)22-9-11-23(12-10-22)28-17-5-2-6-18-28/h3-4,7-16,26H,2,5-6,17-19H2,1H3. The van der Waals surface area contributed by atoms with Gasteiger partial charge < -0.3 is 4.90 Å². The maximum atomic E-state index is 13.4. The SMILES string of the molecule is Cc1ccccc1C(C(=O)Cc1ccncc1)c1ccc(N2CCCCC2)cc1. The average molecular weight is 385 g/mol. The Kier molecular flexibility index (Phi) is 6.04. The lowest BCUT2D eigenvalue weighted by molar-refractivity contribution is -0.119. The van der Waals surface area contributed by atoms with Crippen molar-refractivity contribution < 1.29 is 4.79 Å².